The molecule has 3 atom stereocenters. The molecule has 1 aliphatic heterocycles. The van der Waals surface area contributed by atoms with E-state index < -0.39 is 34.0 Å². The number of ether oxygens (including phenoxy) is 1. The van der Waals surface area contributed by atoms with Gasteiger partial charge in [0.05, 0.1) is 11.9 Å². The van der Waals surface area contributed by atoms with E-state index in [1.807, 2.05) is 0 Å². The first-order chi connectivity index (χ1) is 9.09. The van der Waals surface area contributed by atoms with Crippen LogP contribution in [0.4, 0.5) is 0 Å². The Morgan fingerprint density at radius 3 is 2.35 bits per heavy atom. The van der Waals surface area contributed by atoms with Gasteiger partial charge in [-0.3, -0.25) is 4.18 Å². The third-order valence-corrected chi connectivity index (χ3v) is 4.60. The number of rotatable bonds is 6. The second kappa shape index (κ2) is 5.40. The number of epoxide rings is 1. The van der Waals surface area contributed by atoms with Crippen LogP contribution in [0, 0.1) is 5.92 Å². The van der Waals surface area contributed by atoms with Crippen LogP contribution in [-0.2, 0) is 19.0 Å². The molecular formula is C14H24O5S. The van der Waals surface area contributed by atoms with Crippen molar-refractivity contribution in [3.8, 4) is 0 Å². The molecule has 116 valence electrons. The van der Waals surface area contributed by atoms with Crippen molar-refractivity contribution < 1.29 is 22.4 Å². The summed E-state index contributed by atoms with van der Waals surface area (Å²) in [6, 6.07) is 0. The van der Waals surface area contributed by atoms with E-state index >= 15 is 0 Å². The molecule has 0 spiro atoms. The lowest BCUT2D eigenvalue weighted by molar-refractivity contribution is 0.0482. The molecule has 0 aromatic rings. The summed E-state index contributed by atoms with van der Waals surface area (Å²) in [6.07, 6.45) is 3.80. The molecule has 0 amide bonds. The van der Waals surface area contributed by atoms with Gasteiger partial charge in [-0.05, 0) is 38.2 Å². The van der Waals surface area contributed by atoms with Crippen LogP contribution in [0.25, 0.3) is 0 Å². The molecular weight excluding hydrogens is 280 g/mol. The third kappa shape index (κ3) is 3.81. The second-order valence-corrected chi connectivity index (χ2v) is 8.05. The van der Waals surface area contributed by atoms with E-state index in [4.69, 9.17) is 8.92 Å². The molecule has 0 bridgehead atoms. The van der Waals surface area contributed by atoms with Crippen LogP contribution in [0.5, 0.6) is 0 Å². The number of aliphatic hydroxyl groups is 1. The third-order valence-electron chi connectivity index (χ3n) is 4.04. The smallest absolute Gasteiger partial charge is 0.265 e. The van der Waals surface area contributed by atoms with Gasteiger partial charge in [-0.2, -0.15) is 8.42 Å². The summed E-state index contributed by atoms with van der Waals surface area (Å²) in [5.74, 6) is 0.286. The molecule has 6 heteroatoms. The van der Waals surface area contributed by atoms with Crippen molar-refractivity contribution in [3.05, 3.63) is 12.2 Å². The van der Waals surface area contributed by atoms with Crippen molar-refractivity contribution in [3.63, 3.8) is 0 Å². The Balaban J connectivity index is 2.12. The van der Waals surface area contributed by atoms with Crippen molar-refractivity contribution in [1.29, 1.82) is 0 Å². The summed E-state index contributed by atoms with van der Waals surface area (Å²) in [5.41, 5.74) is -0.232. The zero-order valence-electron chi connectivity index (χ0n) is 12.3. The fourth-order valence-corrected chi connectivity index (χ4v) is 3.58. The van der Waals surface area contributed by atoms with Gasteiger partial charge < -0.3 is 9.84 Å². The molecule has 1 heterocycles. The highest BCUT2D eigenvalue weighted by Crippen LogP contribution is 2.42. The van der Waals surface area contributed by atoms with E-state index in [0.29, 0.717) is 0 Å². The first kappa shape index (κ1) is 15.9. The van der Waals surface area contributed by atoms with Crippen LogP contribution in [0.1, 0.15) is 39.5 Å². The van der Waals surface area contributed by atoms with Gasteiger partial charge >= 0.3 is 0 Å². The molecule has 0 aromatic carbocycles. The summed E-state index contributed by atoms with van der Waals surface area (Å²) in [6.45, 7) is 7.34. The zero-order valence-corrected chi connectivity index (χ0v) is 13.1. The van der Waals surface area contributed by atoms with E-state index in [2.05, 4.69) is 6.58 Å². The topological polar surface area (TPSA) is 76.1 Å². The zero-order chi connectivity index (χ0) is 15.1. The summed E-state index contributed by atoms with van der Waals surface area (Å²) in [5, 5.41) is 9.96. The first-order valence-electron chi connectivity index (χ1n) is 7.04. The first-order valence-corrected chi connectivity index (χ1v) is 8.86. The molecule has 0 aromatic heterocycles. The molecule has 2 fully saturated rings. The maximum Gasteiger partial charge on any atom is 0.265 e. The van der Waals surface area contributed by atoms with Gasteiger partial charge in [0.15, 0.2) is 0 Å². The van der Waals surface area contributed by atoms with Crippen LogP contribution in [-0.4, -0.2) is 43.7 Å². The lowest BCUT2D eigenvalue weighted by Gasteiger charge is -2.23. The van der Waals surface area contributed by atoms with Gasteiger partial charge in [-0.1, -0.05) is 19.4 Å². The summed E-state index contributed by atoms with van der Waals surface area (Å²) >= 11 is 0. The maximum atomic E-state index is 11.5. The minimum atomic E-state index is -3.59. The average molecular weight is 304 g/mol. The Morgan fingerprint density at radius 2 is 1.95 bits per heavy atom. The van der Waals surface area contributed by atoms with Crippen molar-refractivity contribution >= 4 is 10.1 Å². The van der Waals surface area contributed by atoms with Gasteiger partial charge in [-0.25, -0.2) is 0 Å². The minimum absolute atomic E-state index is 0.286. The number of hydrogen-bond acceptors (Lipinski definition) is 5. The van der Waals surface area contributed by atoms with Crippen molar-refractivity contribution in [1.82, 2.24) is 0 Å². The summed E-state index contributed by atoms with van der Waals surface area (Å²) in [7, 11) is -3.59. The lowest BCUT2D eigenvalue weighted by atomic mass is 9.90. The molecule has 1 saturated carbocycles. The van der Waals surface area contributed by atoms with Crippen molar-refractivity contribution in [2.24, 2.45) is 5.92 Å². The fraction of sp³-hybridized carbons (Fsp3) is 0.857. The predicted octanol–water partition coefficient (Wildman–Crippen LogP) is 1.62. The van der Waals surface area contributed by atoms with Crippen LogP contribution in [0.2, 0.25) is 0 Å². The summed E-state index contributed by atoms with van der Waals surface area (Å²) in [4.78, 5) is 0. The van der Waals surface area contributed by atoms with Gasteiger partial charge in [-0.15, -0.1) is 0 Å². The number of hydrogen-bond donors (Lipinski definition) is 1. The van der Waals surface area contributed by atoms with Crippen LogP contribution in [0.3, 0.4) is 0 Å². The van der Waals surface area contributed by atoms with E-state index in [-0.39, 0.29) is 5.92 Å². The average Bonchev–Trinajstić information content (AvgIpc) is 2.91. The van der Waals surface area contributed by atoms with Gasteiger partial charge in [0.1, 0.15) is 18.3 Å². The van der Waals surface area contributed by atoms with E-state index in [1.165, 1.54) is 0 Å². The molecule has 0 radical (unpaired) electrons. The van der Waals surface area contributed by atoms with Crippen LogP contribution < -0.4 is 0 Å². The molecule has 20 heavy (non-hydrogen) atoms. The molecule has 0 unspecified atom stereocenters. The predicted molar refractivity (Wildman–Crippen MR) is 75.8 cm³/mol. The lowest BCUT2D eigenvalue weighted by Crippen LogP contribution is -2.35. The van der Waals surface area contributed by atoms with E-state index in [1.54, 1.807) is 13.8 Å². The SMILES string of the molecule is C=C(C1CCCC1)[C@@H](OS(C)(=O)=O)[C@H]1O[C@@H]1C(C)(C)O. The van der Waals surface area contributed by atoms with E-state index in [9.17, 15) is 13.5 Å². The highest BCUT2D eigenvalue weighted by molar-refractivity contribution is 7.86. The largest absolute Gasteiger partial charge is 0.388 e. The van der Waals surface area contributed by atoms with Gasteiger partial charge in [0.25, 0.3) is 10.1 Å². The molecule has 2 aliphatic rings. The fourth-order valence-electron chi connectivity index (χ4n) is 2.97. The van der Waals surface area contributed by atoms with Crippen LogP contribution >= 0.6 is 0 Å². The van der Waals surface area contributed by atoms with Gasteiger partial charge in [0.2, 0.25) is 0 Å². The van der Waals surface area contributed by atoms with Crippen molar-refractivity contribution in [2.45, 2.75) is 63.4 Å². The summed E-state index contributed by atoms with van der Waals surface area (Å²) < 4.78 is 33.6. The van der Waals surface area contributed by atoms with Crippen molar-refractivity contribution in [2.75, 3.05) is 6.26 Å². The minimum Gasteiger partial charge on any atom is -0.388 e. The Kier molecular flexibility index (Phi) is 4.31. The second-order valence-electron chi connectivity index (χ2n) is 6.45. The molecule has 1 aliphatic carbocycles. The highest BCUT2D eigenvalue weighted by Gasteiger charge is 2.55. The molecule has 2 rings (SSSR count). The Labute approximate surface area is 121 Å². The normalized spacial score (nSPS) is 29.4. The monoisotopic (exact) mass is 304 g/mol. The van der Waals surface area contributed by atoms with E-state index in [0.717, 1.165) is 37.5 Å². The van der Waals surface area contributed by atoms with Gasteiger partial charge in [0, 0.05) is 0 Å². The molecule has 1 N–H and O–H groups in total. The molecule has 5 nitrogen and oxygen atoms in total. The Bertz CT molecular complexity index is 470. The Morgan fingerprint density at radius 1 is 1.40 bits per heavy atom. The highest BCUT2D eigenvalue weighted by atomic mass is 32.2. The van der Waals surface area contributed by atoms with Crippen LogP contribution in [0.15, 0.2) is 12.2 Å². The quantitative estimate of drug-likeness (QED) is 0.458. The standard InChI is InChI=1S/C14H24O5S/c1-9(10-7-5-6-8-10)11(19-20(4,16)17)12-13(18-12)14(2,3)15/h10-13,15H,1,5-8H2,2-4H3/t11-,12-,13+/m1/s1. The molecule has 1 saturated heterocycles. The Hall–Kier alpha value is -0.430. The maximum absolute atomic E-state index is 11.5.